The summed E-state index contributed by atoms with van der Waals surface area (Å²) in [6, 6.07) is 17.5. The van der Waals surface area contributed by atoms with Gasteiger partial charge in [-0.1, -0.05) is 30.3 Å². The van der Waals surface area contributed by atoms with E-state index in [0.29, 0.717) is 11.4 Å². The predicted octanol–water partition coefficient (Wildman–Crippen LogP) is 5.00. The van der Waals surface area contributed by atoms with E-state index in [-0.39, 0.29) is 5.91 Å². The second-order valence-electron chi connectivity index (χ2n) is 6.11. The van der Waals surface area contributed by atoms with E-state index in [4.69, 9.17) is 0 Å². The number of anilines is 3. The van der Waals surface area contributed by atoms with Crippen LogP contribution in [-0.2, 0) is 0 Å². The van der Waals surface area contributed by atoms with E-state index in [1.54, 1.807) is 18.3 Å². The Morgan fingerprint density at radius 2 is 1.64 bits per heavy atom. The van der Waals surface area contributed by atoms with Crippen LogP contribution in [0.2, 0.25) is 0 Å². The number of benzene rings is 2. The first-order valence-electron chi connectivity index (χ1n) is 8.21. The standard InChI is InChI=1S/C21H21N3O/c1-14-7-4-10-17(13-14)23-20-18(11-6-12-22-20)21(25)24-19-15(2)8-5-9-16(19)3/h4-13H,1-3H3,(H,22,23)(H,24,25). The van der Waals surface area contributed by atoms with Gasteiger partial charge in [-0.05, 0) is 61.7 Å². The summed E-state index contributed by atoms with van der Waals surface area (Å²) in [7, 11) is 0. The molecule has 0 radical (unpaired) electrons. The van der Waals surface area contributed by atoms with Gasteiger partial charge in [-0.15, -0.1) is 0 Å². The highest BCUT2D eigenvalue weighted by Gasteiger charge is 2.14. The third-order valence-electron chi connectivity index (χ3n) is 4.05. The molecule has 0 bridgehead atoms. The highest BCUT2D eigenvalue weighted by Crippen LogP contribution is 2.23. The van der Waals surface area contributed by atoms with Crippen LogP contribution < -0.4 is 10.6 Å². The summed E-state index contributed by atoms with van der Waals surface area (Å²) in [6.45, 7) is 5.99. The minimum absolute atomic E-state index is 0.180. The lowest BCUT2D eigenvalue weighted by molar-refractivity contribution is 0.102. The van der Waals surface area contributed by atoms with Gasteiger partial charge < -0.3 is 10.6 Å². The first kappa shape index (κ1) is 16.7. The molecule has 0 unspecified atom stereocenters. The molecule has 0 fully saturated rings. The molecule has 1 amide bonds. The first-order chi connectivity index (χ1) is 12.0. The predicted molar refractivity (Wildman–Crippen MR) is 103 cm³/mol. The number of para-hydroxylation sites is 1. The number of carbonyl (C=O) groups excluding carboxylic acids is 1. The molecule has 2 N–H and O–H groups in total. The van der Waals surface area contributed by atoms with Crippen molar-refractivity contribution in [1.82, 2.24) is 4.98 Å². The number of carbonyl (C=O) groups is 1. The largest absolute Gasteiger partial charge is 0.340 e. The number of aryl methyl sites for hydroxylation is 3. The average Bonchev–Trinajstić information content (AvgIpc) is 2.59. The van der Waals surface area contributed by atoms with Crippen LogP contribution in [0.4, 0.5) is 17.2 Å². The van der Waals surface area contributed by atoms with E-state index in [0.717, 1.165) is 28.1 Å². The summed E-state index contributed by atoms with van der Waals surface area (Å²) >= 11 is 0. The zero-order chi connectivity index (χ0) is 17.8. The Morgan fingerprint density at radius 1 is 0.920 bits per heavy atom. The van der Waals surface area contributed by atoms with Gasteiger partial charge in [-0.2, -0.15) is 0 Å². The smallest absolute Gasteiger partial charge is 0.259 e. The van der Waals surface area contributed by atoms with Gasteiger partial charge in [-0.25, -0.2) is 4.98 Å². The zero-order valence-corrected chi connectivity index (χ0v) is 14.6. The van der Waals surface area contributed by atoms with Crippen LogP contribution in [0, 0.1) is 20.8 Å². The van der Waals surface area contributed by atoms with Crippen molar-refractivity contribution < 1.29 is 4.79 Å². The lowest BCUT2D eigenvalue weighted by Gasteiger charge is -2.14. The SMILES string of the molecule is Cc1cccc(Nc2ncccc2C(=O)Nc2c(C)cccc2C)c1. The van der Waals surface area contributed by atoms with Crippen molar-refractivity contribution in [3.8, 4) is 0 Å². The first-order valence-corrected chi connectivity index (χ1v) is 8.21. The van der Waals surface area contributed by atoms with Gasteiger partial charge >= 0.3 is 0 Å². The normalized spacial score (nSPS) is 10.4. The summed E-state index contributed by atoms with van der Waals surface area (Å²) in [5, 5.41) is 6.25. The Morgan fingerprint density at radius 3 is 2.36 bits per heavy atom. The second kappa shape index (κ2) is 7.18. The molecule has 0 aliphatic rings. The molecule has 3 rings (SSSR count). The highest BCUT2D eigenvalue weighted by atomic mass is 16.1. The van der Waals surface area contributed by atoms with Crippen LogP contribution in [0.15, 0.2) is 60.8 Å². The molecule has 0 aliphatic carbocycles. The summed E-state index contributed by atoms with van der Waals surface area (Å²) in [4.78, 5) is 17.1. The summed E-state index contributed by atoms with van der Waals surface area (Å²) in [5.41, 5.74) is 5.46. The summed E-state index contributed by atoms with van der Waals surface area (Å²) in [5.74, 6) is 0.359. The molecule has 0 saturated carbocycles. The minimum Gasteiger partial charge on any atom is -0.340 e. The molecular formula is C21H21N3O. The van der Waals surface area contributed by atoms with Gasteiger partial charge in [0.05, 0.1) is 5.56 Å². The van der Waals surface area contributed by atoms with Crippen molar-refractivity contribution in [2.75, 3.05) is 10.6 Å². The van der Waals surface area contributed by atoms with Crippen LogP contribution in [0.25, 0.3) is 0 Å². The number of aromatic nitrogens is 1. The molecule has 1 heterocycles. The molecule has 4 heteroatoms. The average molecular weight is 331 g/mol. The fourth-order valence-electron chi connectivity index (χ4n) is 2.74. The van der Waals surface area contributed by atoms with Gasteiger partial charge in [0.25, 0.3) is 5.91 Å². The Balaban J connectivity index is 1.89. The van der Waals surface area contributed by atoms with Crippen molar-refractivity contribution in [2.24, 2.45) is 0 Å². The highest BCUT2D eigenvalue weighted by molar-refractivity contribution is 6.08. The molecule has 4 nitrogen and oxygen atoms in total. The van der Waals surface area contributed by atoms with Gasteiger partial charge in [-0.3, -0.25) is 4.79 Å². The number of hydrogen-bond donors (Lipinski definition) is 2. The van der Waals surface area contributed by atoms with E-state index in [9.17, 15) is 4.79 Å². The number of nitrogens with zero attached hydrogens (tertiary/aromatic N) is 1. The van der Waals surface area contributed by atoms with E-state index >= 15 is 0 Å². The minimum atomic E-state index is -0.180. The van der Waals surface area contributed by atoms with Crippen LogP contribution in [0.5, 0.6) is 0 Å². The quantitative estimate of drug-likeness (QED) is 0.707. The molecule has 0 aliphatic heterocycles. The third-order valence-corrected chi connectivity index (χ3v) is 4.05. The maximum atomic E-state index is 12.8. The summed E-state index contributed by atoms with van der Waals surface area (Å²) < 4.78 is 0. The monoisotopic (exact) mass is 331 g/mol. The van der Waals surface area contributed by atoms with Crippen molar-refractivity contribution >= 4 is 23.1 Å². The Labute approximate surface area is 147 Å². The van der Waals surface area contributed by atoms with Crippen molar-refractivity contribution in [3.05, 3.63) is 83.0 Å². The van der Waals surface area contributed by atoms with Crippen LogP contribution in [0.3, 0.4) is 0 Å². The van der Waals surface area contributed by atoms with Crippen molar-refractivity contribution in [3.63, 3.8) is 0 Å². The van der Waals surface area contributed by atoms with Crippen LogP contribution in [-0.4, -0.2) is 10.9 Å². The van der Waals surface area contributed by atoms with Crippen molar-refractivity contribution in [1.29, 1.82) is 0 Å². The number of rotatable bonds is 4. The van der Waals surface area contributed by atoms with Crippen LogP contribution >= 0.6 is 0 Å². The lowest BCUT2D eigenvalue weighted by atomic mass is 10.1. The fourth-order valence-corrected chi connectivity index (χ4v) is 2.74. The molecule has 25 heavy (non-hydrogen) atoms. The molecule has 0 atom stereocenters. The van der Waals surface area contributed by atoms with E-state index in [1.807, 2.05) is 63.2 Å². The number of nitrogens with one attached hydrogen (secondary N) is 2. The third kappa shape index (κ3) is 3.86. The molecule has 3 aromatic rings. The molecule has 1 aromatic heterocycles. The van der Waals surface area contributed by atoms with Crippen molar-refractivity contribution in [2.45, 2.75) is 20.8 Å². The number of amides is 1. The second-order valence-corrected chi connectivity index (χ2v) is 6.11. The molecule has 0 spiro atoms. The Kier molecular flexibility index (Phi) is 4.80. The molecule has 126 valence electrons. The summed E-state index contributed by atoms with van der Waals surface area (Å²) in [6.07, 6.45) is 1.67. The molecule has 0 saturated heterocycles. The Bertz CT molecular complexity index is 898. The van der Waals surface area contributed by atoms with Gasteiger partial charge in [0.15, 0.2) is 0 Å². The fraction of sp³-hybridized carbons (Fsp3) is 0.143. The maximum Gasteiger partial charge on any atom is 0.259 e. The van der Waals surface area contributed by atoms with Gasteiger partial charge in [0, 0.05) is 17.6 Å². The molecular weight excluding hydrogens is 310 g/mol. The maximum absolute atomic E-state index is 12.8. The van der Waals surface area contributed by atoms with E-state index in [1.165, 1.54) is 0 Å². The van der Waals surface area contributed by atoms with Gasteiger partial charge in [0.1, 0.15) is 5.82 Å². The Hall–Kier alpha value is -3.14. The van der Waals surface area contributed by atoms with Crippen LogP contribution in [0.1, 0.15) is 27.0 Å². The topological polar surface area (TPSA) is 54.0 Å². The number of hydrogen-bond acceptors (Lipinski definition) is 3. The van der Waals surface area contributed by atoms with E-state index < -0.39 is 0 Å². The van der Waals surface area contributed by atoms with E-state index in [2.05, 4.69) is 15.6 Å². The zero-order valence-electron chi connectivity index (χ0n) is 14.6. The van der Waals surface area contributed by atoms with Gasteiger partial charge in [0.2, 0.25) is 0 Å². The lowest BCUT2D eigenvalue weighted by Crippen LogP contribution is -2.16. The molecule has 2 aromatic carbocycles. The number of pyridine rings is 1.